The van der Waals surface area contributed by atoms with Crippen molar-refractivity contribution in [3.8, 4) is 0 Å². The number of imidazole rings is 1. The molecule has 2 rings (SSSR count). The number of hydrogen-bond acceptors (Lipinski definition) is 5. The first kappa shape index (κ1) is 12.8. The van der Waals surface area contributed by atoms with Gasteiger partial charge in [-0.05, 0) is 28.7 Å². The van der Waals surface area contributed by atoms with E-state index in [2.05, 4.69) is 11.9 Å². The van der Waals surface area contributed by atoms with Gasteiger partial charge < -0.3 is 20.7 Å². The van der Waals surface area contributed by atoms with E-state index in [1.165, 1.54) is 6.33 Å². The van der Waals surface area contributed by atoms with Gasteiger partial charge in [-0.15, -0.1) is 0 Å². The first-order valence-electron chi connectivity index (χ1n) is 6.17. The standard InChI is InChI=1S/C11H19N5O2/c1-8-3-4-15(9(5-8)6-12)11-10(16(17)18)13-7-14(11)2/h7-9H,3-6,12H2,1-2H3. The number of hydrogen-bond donors (Lipinski definition) is 1. The molecular weight excluding hydrogens is 234 g/mol. The highest BCUT2D eigenvalue weighted by molar-refractivity contribution is 5.55. The third-order valence-electron chi connectivity index (χ3n) is 3.58. The molecule has 1 saturated heterocycles. The molecule has 2 unspecified atom stereocenters. The Hall–Kier alpha value is -1.63. The van der Waals surface area contributed by atoms with Gasteiger partial charge in [0, 0.05) is 26.2 Å². The summed E-state index contributed by atoms with van der Waals surface area (Å²) in [4.78, 5) is 16.5. The van der Waals surface area contributed by atoms with Gasteiger partial charge in [-0.3, -0.25) is 4.57 Å². The number of nitro groups is 1. The monoisotopic (exact) mass is 253 g/mol. The average Bonchev–Trinajstić information content (AvgIpc) is 2.71. The molecule has 1 aliphatic heterocycles. The van der Waals surface area contributed by atoms with E-state index in [4.69, 9.17) is 5.73 Å². The SMILES string of the molecule is CC1CCN(c2c([N+](=O)[O-])ncn2C)C(CN)C1. The first-order valence-corrected chi connectivity index (χ1v) is 6.17. The summed E-state index contributed by atoms with van der Waals surface area (Å²) < 4.78 is 1.71. The van der Waals surface area contributed by atoms with Gasteiger partial charge in [0.25, 0.3) is 0 Å². The zero-order valence-electron chi connectivity index (χ0n) is 10.7. The van der Waals surface area contributed by atoms with Crippen LogP contribution in [0.25, 0.3) is 0 Å². The van der Waals surface area contributed by atoms with Crippen LogP contribution < -0.4 is 10.6 Å². The third-order valence-corrected chi connectivity index (χ3v) is 3.58. The van der Waals surface area contributed by atoms with E-state index in [9.17, 15) is 10.1 Å². The summed E-state index contributed by atoms with van der Waals surface area (Å²) in [7, 11) is 1.78. The summed E-state index contributed by atoms with van der Waals surface area (Å²) in [5.41, 5.74) is 5.80. The van der Waals surface area contributed by atoms with E-state index in [1.807, 2.05) is 4.90 Å². The van der Waals surface area contributed by atoms with E-state index in [0.29, 0.717) is 18.3 Å². The molecule has 0 radical (unpaired) electrons. The van der Waals surface area contributed by atoms with Crippen molar-refractivity contribution in [3.63, 3.8) is 0 Å². The number of aryl methyl sites for hydroxylation is 1. The van der Waals surface area contributed by atoms with E-state index in [1.54, 1.807) is 11.6 Å². The number of nitrogens with two attached hydrogens (primary N) is 1. The van der Waals surface area contributed by atoms with Crippen molar-refractivity contribution in [1.29, 1.82) is 0 Å². The highest BCUT2D eigenvalue weighted by Crippen LogP contribution is 2.32. The molecule has 1 fully saturated rings. The highest BCUT2D eigenvalue weighted by Gasteiger charge is 2.33. The Balaban J connectivity index is 2.35. The molecule has 7 nitrogen and oxygen atoms in total. The minimum atomic E-state index is -0.430. The van der Waals surface area contributed by atoms with Crippen LogP contribution in [-0.4, -0.2) is 33.6 Å². The summed E-state index contributed by atoms with van der Waals surface area (Å²) in [6, 6.07) is 0.155. The summed E-state index contributed by atoms with van der Waals surface area (Å²) in [5, 5.41) is 11.0. The topological polar surface area (TPSA) is 90.2 Å². The smallest absolute Gasteiger partial charge is 0.358 e. The molecule has 2 atom stereocenters. The van der Waals surface area contributed by atoms with E-state index >= 15 is 0 Å². The number of rotatable bonds is 3. The van der Waals surface area contributed by atoms with Crippen LogP contribution in [0.3, 0.4) is 0 Å². The molecule has 2 N–H and O–H groups in total. The number of aromatic nitrogens is 2. The number of piperidine rings is 1. The largest absolute Gasteiger partial charge is 0.406 e. The van der Waals surface area contributed by atoms with Crippen LogP contribution in [0.2, 0.25) is 0 Å². The molecule has 1 aromatic heterocycles. The van der Waals surface area contributed by atoms with Gasteiger partial charge >= 0.3 is 5.82 Å². The molecule has 1 aliphatic rings. The Kier molecular flexibility index (Phi) is 3.51. The summed E-state index contributed by atoms with van der Waals surface area (Å²) in [6.07, 6.45) is 3.48. The van der Waals surface area contributed by atoms with Crippen molar-refractivity contribution in [1.82, 2.24) is 9.55 Å². The second-order valence-electron chi connectivity index (χ2n) is 4.97. The molecule has 7 heteroatoms. The predicted octanol–water partition coefficient (Wildman–Crippen LogP) is 0.892. The molecule has 18 heavy (non-hydrogen) atoms. The molecular formula is C11H19N5O2. The van der Waals surface area contributed by atoms with Crippen molar-refractivity contribution in [2.75, 3.05) is 18.0 Å². The summed E-state index contributed by atoms with van der Waals surface area (Å²) in [5.74, 6) is 1.11. The lowest BCUT2D eigenvalue weighted by atomic mass is 9.92. The van der Waals surface area contributed by atoms with Gasteiger partial charge in [0.2, 0.25) is 12.1 Å². The molecule has 100 valence electrons. The van der Waals surface area contributed by atoms with E-state index in [0.717, 1.165) is 19.4 Å². The van der Waals surface area contributed by atoms with Crippen molar-refractivity contribution in [2.24, 2.45) is 18.7 Å². The van der Waals surface area contributed by atoms with Crippen molar-refractivity contribution < 1.29 is 4.92 Å². The van der Waals surface area contributed by atoms with Gasteiger partial charge in [0.1, 0.15) is 0 Å². The second kappa shape index (κ2) is 4.93. The lowest BCUT2D eigenvalue weighted by Gasteiger charge is -2.38. The maximum Gasteiger partial charge on any atom is 0.406 e. The molecule has 0 bridgehead atoms. The van der Waals surface area contributed by atoms with Crippen molar-refractivity contribution in [2.45, 2.75) is 25.8 Å². The molecule has 2 heterocycles. The lowest BCUT2D eigenvalue weighted by Crippen LogP contribution is -2.47. The Labute approximate surface area is 106 Å². The quantitative estimate of drug-likeness (QED) is 0.638. The third kappa shape index (κ3) is 2.17. The van der Waals surface area contributed by atoms with Crippen LogP contribution in [0.5, 0.6) is 0 Å². The van der Waals surface area contributed by atoms with Crippen molar-refractivity contribution in [3.05, 3.63) is 16.4 Å². The first-order chi connectivity index (χ1) is 8.54. The molecule has 0 aliphatic carbocycles. The number of anilines is 1. The van der Waals surface area contributed by atoms with Gasteiger partial charge in [0.05, 0.1) is 0 Å². The van der Waals surface area contributed by atoms with Crippen LogP contribution in [0.15, 0.2) is 6.33 Å². The highest BCUT2D eigenvalue weighted by atomic mass is 16.6. The van der Waals surface area contributed by atoms with E-state index < -0.39 is 4.92 Å². The van der Waals surface area contributed by atoms with E-state index in [-0.39, 0.29) is 11.9 Å². The summed E-state index contributed by atoms with van der Waals surface area (Å²) in [6.45, 7) is 3.49. The fourth-order valence-electron chi connectivity index (χ4n) is 2.63. The fraction of sp³-hybridized carbons (Fsp3) is 0.727. The molecule has 0 spiro atoms. The van der Waals surface area contributed by atoms with Gasteiger partial charge in [0.15, 0.2) is 0 Å². The molecule has 0 saturated carbocycles. The normalized spacial score (nSPS) is 24.3. The molecule has 0 amide bonds. The van der Waals surface area contributed by atoms with Gasteiger partial charge in [-0.25, -0.2) is 0 Å². The Morgan fingerprint density at radius 3 is 3.00 bits per heavy atom. The zero-order chi connectivity index (χ0) is 13.3. The summed E-state index contributed by atoms with van der Waals surface area (Å²) >= 11 is 0. The Morgan fingerprint density at radius 2 is 2.39 bits per heavy atom. The predicted molar refractivity (Wildman–Crippen MR) is 68.4 cm³/mol. The fourth-order valence-corrected chi connectivity index (χ4v) is 2.63. The average molecular weight is 253 g/mol. The van der Waals surface area contributed by atoms with Crippen LogP contribution in [0, 0.1) is 16.0 Å². The van der Waals surface area contributed by atoms with Crippen LogP contribution in [0.1, 0.15) is 19.8 Å². The lowest BCUT2D eigenvalue weighted by molar-refractivity contribution is -0.388. The van der Waals surface area contributed by atoms with Crippen LogP contribution in [0.4, 0.5) is 11.6 Å². The zero-order valence-corrected chi connectivity index (χ0v) is 10.7. The Morgan fingerprint density at radius 1 is 1.67 bits per heavy atom. The Bertz CT molecular complexity index is 445. The van der Waals surface area contributed by atoms with Gasteiger partial charge in [-0.1, -0.05) is 6.92 Å². The number of nitrogens with zero attached hydrogens (tertiary/aromatic N) is 4. The van der Waals surface area contributed by atoms with Crippen LogP contribution in [-0.2, 0) is 7.05 Å². The van der Waals surface area contributed by atoms with Gasteiger partial charge in [-0.2, -0.15) is 0 Å². The minimum absolute atomic E-state index is 0.0782. The van der Waals surface area contributed by atoms with Crippen LogP contribution >= 0.6 is 0 Å². The molecule has 0 aromatic carbocycles. The molecule has 1 aromatic rings. The maximum absolute atomic E-state index is 11.0. The maximum atomic E-state index is 11.0. The second-order valence-corrected chi connectivity index (χ2v) is 4.97. The van der Waals surface area contributed by atoms with Crippen molar-refractivity contribution >= 4 is 11.6 Å². The minimum Gasteiger partial charge on any atom is -0.358 e.